The fourth-order valence-electron chi connectivity index (χ4n) is 5.46. The van der Waals surface area contributed by atoms with E-state index in [9.17, 15) is 24.2 Å². The minimum absolute atomic E-state index is 0.192. The van der Waals surface area contributed by atoms with Crippen molar-refractivity contribution >= 4 is 19.8 Å². The van der Waals surface area contributed by atoms with Gasteiger partial charge in [-0.1, -0.05) is 162 Å². The highest BCUT2D eigenvalue weighted by atomic mass is 31.2. The van der Waals surface area contributed by atoms with E-state index in [1.807, 2.05) is 0 Å². The second-order valence-electron chi connectivity index (χ2n) is 13.3. The maximum absolute atomic E-state index is 12.5. The lowest BCUT2D eigenvalue weighted by Gasteiger charge is -2.20. The number of phosphoric ester groups is 1. The molecule has 0 aliphatic carbocycles. The molecule has 11 heteroatoms. The first kappa shape index (κ1) is 47.0. The van der Waals surface area contributed by atoms with Crippen molar-refractivity contribution in [2.45, 2.75) is 199 Å². The van der Waals surface area contributed by atoms with Gasteiger partial charge in [-0.2, -0.15) is 0 Å². The van der Waals surface area contributed by atoms with E-state index in [2.05, 4.69) is 18.4 Å². The SMILES string of the molecule is CCCCCCCCCCCCCCCCCC(=O)OC(COC(=O)CCCCCCCCCCCC)COP(=O)(O)OCC(O)CO. The molecule has 3 N–H and O–H groups in total. The normalized spacial score (nSPS) is 14.0. The van der Waals surface area contributed by atoms with Crippen molar-refractivity contribution in [2.24, 2.45) is 0 Å². The fourth-order valence-corrected chi connectivity index (χ4v) is 6.25. The number of rotatable bonds is 37. The Bertz CT molecular complexity index is 781. The third kappa shape index (κ3) is 33.5. The standard InChI is InChI=1S/C37H73O10P/c1-3-5-7-9-11-13-15-16-17-18-19-21-23-25-27-29-37(41)47-35(33-46-48(42,43)45-31-34(39)30-38)32-44-36(40)28-26-24-22-20-14-12-10-8-6-4-2/h34-35,38-39H,3-33H2,1-2H3,(H,42,43). The van der Waals surface area contributed by atoms with Crippen molar-refractivity contribution in [1.29, 1.82) is 0 Å². The van der Waals surface area contributed by atoms with Gasteiger partial charge in [-0.25, -0.2) is 4.57 Å². The monoisotopic (exact) mass is 708 g/mol. The molecule has 0 rings (SSSR count). The number of esters is 2. The molecule has 0 aromatic heterocycles. The molecule has 286 valence electrons. The Hall–Kier alpha value is -1.03. The van der Waals surface area contributed by atoms with Gasteiger partial charge in [-0.05, 0) is 12.8 Å². The lowest BCUT2D eigenvalue weighted by atomic mass is 10.0. The molecule has 0 bridgehead atoms. The molecule has 0 saturated heterocycles. The predicted octanol–water partition coefficient (Wildman–Crippen LogP) is 9.50. The van der Waals surface area contributed by atoms with Crippen LogP contribution in [-0.4, -0.2) is 65.7 Å². The van der Waals surface area contributed by atoms with E-state index in [1.54, 1.807) is 0 Å². The van der Waals surface area contributed by atoms with Gasteiger partial charge in [0.05, 0.1) is 19.8 Å². The van der Waals surface area contributed by atoms with E-state index in [1.165, 1.54) is 109 Å². The van der Waals surface area contributed by atoms with E-state index in [-0.39, 0.29) is 19.4 Å². The minimum atomic E-state index is -4.60. The van der Waals surface area contributed by atoms with E-state index in [4.69, 9.17) is 19.1 Å². The Balaban J connectivity index is 4.31. The van der Waals surface area contributed by atoms with Gasteiger partial charge < -0.3 is 24.6 Å². The number of carbonyl (C=O) groups excluding carboxylic acids is 2. The highest BCUT2D eigenvalue weighted by molar-refractivity contribution is 7.47. The second kappa shape index (κ2) is 34.4. The van der Waals surface area contributed by atoms with E-state index < -0.39 is 51.8 Å². The first-order valence-corrected chi connectivity index (χ1v) is 21.0. The molecular weight excluding hydrogens is 635 g/mol. The van der Waals surface area contributed by atoms with E-state index in [0.29, 0.717) is 12.8 Å². The van der Waals surface area contributed by atoms with Crippen LogP contribution in [0.1, 0.15) is 187 Å². The van der Waals surface area contributed by atoms with Crippen molar-refractivity contribution in [3.63, 3.8) is 0 Å². The summed E-state index contributed by atoms with van der Waals surface area (Å²) in [6.07, 6.45) is 27.9. The Morgan fingerprint density at radius 2 is 0.896 bits per heavy atom. The van der Waals surface area contributed by atoms with Crippen LogP contribution >= 0.6 is 7.82 Å². The Morgan fingerprint density at radius 3 is 1.29 bits per heavy atom. The first-order valence-electron chi connectivity index (χ1n) is 19.5. The summed E-state index contributed by atoms with van der Waals surface area (Å²) >= 11 is 0. The van der Waals surface area contributed by atoms with Gasteiger partial charge in [-0.15, -0.1) is 0 Å². The molecule has 0 aromatic rings. The third-order valence-electron chi connectivity index (χ3n) is 8.51. The molecule has 0 radical (unpaired) electrons. The second-order valence-corrected chi connectivity index (χ2v) is 14.8. The number of ether oxygens (including phenoxy) is 2. The summed E-state index contributed by atoms with van der Waals surface area (Å²) in [5.41, 5.74) is 0. The van der Waals surface area contributed by atoms with Gasteiger partial charge in [0.15, 0.2) is 6.10 Å². The summed E-state index contributed by atoms with van der Waals surface area (Å²) in [6, 6.07) is 0. The fraction of sp³-hybridized carbons (Fsp3) is 0.946. The van der Waals surface area contributed by atoms with E-state index in [0.717, 1.165) is 38.5 Å². The summed E-state index contributed by atoms with van der Waals surface area (Å²) in [6.45, 7) is 2.38. The summed E-state index contributed by atoms with van der Waals surface area (Å²) in [7, 11) is -4.60. The maximum Gasteiger partial charge on any atom is 0.472 e. The summed E-state index contributed by atoms with van der Waals surface area (Å²) in [5.74, 6) is -0.916. The predicted molar refractivity (Wildman–Crippen MR) is 192 cm³/mol. The van der Waals surface area contributed by atoms with Crippen LogP contribution in [0.5, 0.6) is 0 Å². The molecule has 0 aliphatic rings. The molecular formula is C37H73O10P. The smallest absolute Gasteiger partial charge is 0.462 e. The molecule has 0 saturated carbocycles. The van der Waals surface area contributed by atoms with Gasteiger partial charge >= 0.3 is 19.8 Å². The molecule has 10 nitrogen and oxygen atoms in total. The largest absolute Gasteiger partial charge is 0.472 e. The van der Waals surface area contributed by atoms with Crippen LogP contribution in [0.4, 0.5) is 0 Å². The van der Waals surface area contributed by atoms with Gasteiger partial charge in [0.25, 0.3) is 0 Å². The van der Waals surface area contributed by atoms with Crippen LogP contribution in [0.25, 0.3) is 0 Å². The lowest BCUT2D eigenvalue weighted by molar-refractivity contribution is -0.161. The van der Waals surface area contributed by atoms with Crippen LogP contribution in [0.2, 0.25) is 0 Å². The van der Waals surface area contributed by atoms with Crippen molar-refractivity contribution in [3.8, 4) is 0 Å². The molecule has 0 heterocycles. The van der Waals surface area contributed by atoms with Crippen molar-refractivity contribution in [1.82, 2.24) is 0 Å². The number of hydrogen-bond acceptors (Lipinski definition) is 9. The van der Waals surface area contributed by atoms with Crippen LogP contribution in [0.3, 0.4) is 0 Å². The number of carbonyl (C=O) groups is 2. The van der Waals surface area contributed by atoms with Gasteiger partial charge in [0.1, 0.15) is 12.7 Å². The summed E-state index contributed by atoms with van der Waals surface area (Å²) < 4.78 is 32.6. The zero-order chi connectivity index (χ0) is 35.6. The number of unbranched alkanes of at least 4 members (excludes halogenated alkanes) is 23. The highest BCUT2D eigenvalue weighted by Crippen LogP contribution is 2.43. The molecule has 0 aliphatic heterocycles. The number of hydrogen-bond donors (Lipinski definition) is 3. The molecule has 0 fully saturated rings. The van der Waals surface area contributed by atoms with Crippen molar-refractivity contribution in [3.05, 3.63) is 0 Å². The summed E-state index contributed by atoms with van der Waals surface area (Å²) in [4.78, 5) is 34.8. The highest BCUT2D eigenvalue weighted by Gasteiger charge is 2.27. The molecule has 3 atom stereocenters. The van der Waals surface area contributed by atoms with Crippen molar-refractivity contribution in [2.75, 3.05) is 26.4 Å². The van der Waals surface area contributed by atoms with Crippen LogP contribution in [-0.2, 0) is 32.7 Å². The maximum atomic E-state index is 12.5. The van der Waals surface area contributed by atoms with Gasteiger partial charge in [0, 0.05) is 12.8 Å². The third-order valence-corrected chi connectivity index (χ3v) is 9.46. The zero-order valence-corrected chi connectivity index (χ0v) is 31.6. The Labute approximate surface area is 293 Å². The van der Waals surface area contributed by atoms with Crippen LogP contribution in [0.15, 0.2) is 0 Å². The Morgan fingerprint density at radius 1 is 0.542 bits per heavy atom. The Kier molecular flexibility index (Phi) is 33.7. The minimum Gasteiger partial charge on any atom is -0.462 e. The van der Waals surface area contributed by atoms with Crippen LogP contribution < -0.4 is 0 Å². The number of phosphoric acid groups is 1. The average molecular weight is 709 g/mol. The lowest BCUT2D eigenvalue weighted by Crippen LogP contribution is -2.29. The zero-order valence-electron chi connectivity index (χ0n) is 30.7. The first-order chi connectivity index (χ1) is 23.2. The van der Waals surface area contributed by atoms with Crippen LogP contribution in [0, 0.1) is 0 Å². The molecule has 3 unspecified atom stereocenters. The summed E-state index contributed by atoms with van der Waals surface area (Å²) in [5, 5.41) is 18.3. The van der Waals surface area contributed by atoms with Crippen molar-refractivity contribution < 1.29 is 47.8 Å². The molecule has 0 aromatic carbocycles. The topological polar surface area (TPSA) is 149 Å². The quantitative estimate of drug-likeness (QED) is 0.0324. The number of aliphatic hydroxyl groups excluding tert-OH is 2. The van der Waals surface area contributed by atoms with E-state index >= 15 is 0 Å². The molecule has 0 amide bonds. The van der Waals surface area contributed by atoms with Gasteiger partial charge in [-0.3, -0.25) is 18.6 Å². The number of aliphatic hydroxyl groups is 2. The average Bonchev–Trinajstić information content (AvgIpc) is 3.07. The molecule has 0 spiro atoms. The van der Waals surface area contributed by atoms with Gasteiger partial charge in [0.2, 0.25) is 0 Å². The molecule has 48 heavy (non-hydrogen) atoms.